The van der Waals surface area contributed by atoms with Gasteiger partial charge >= 0.3 is 0 Å². The van der Waals surface area contributed by atoms with E-state index in [-0.39, 0.29) is 6.04 Å². The molecule has 0 radical (unpaired) electrons. The number of nitrogens with one attached hydrogen (secondary N) is 1. The van der Waals surface area contributed by atoms with Crippen molar-refractivity contribution >= 4 is 27.3 Å². The van der Waals surface area contributed by atoms with Gasteiger partial charge in [-0.1, -0.05) is 29.8 Å². The lowest BCUT2D eigenvalue weighted by Crippen LogP contribution is -2.38. The summed E-state index contributed by atoms with van der Waals surface area (Å²) in [7, 11) is 0. The molecule has 18 heavy (non-hydrogen) atoms. The Morgan fingerprint density at radius 3 is 2.50 bits per heavy atom. The van der Waals surface area contributed by atoms with Crippen molar-refractivity contribution < 1.29 is 0 Å². The monoisotopic (exact) mass is 324 g/mol. The van der Waals surface area contributed by atoms with Gasteiger partial charge in [0, 0.05) is 15.4 Å². The average molecular weight is 325 g/mol. The van der Waals surface area contributed by atoms with Crippen molar-refractivity contribution in [1.82, 2.24) is 5.43 Å². The number of nitrogens with two attached hydrogens (primary N) is 1. The Hall–Kier alpha value is -0.680. The lowest BCUT2D eigenvalue weighted by molar-refractivity contribution is 0.525. The summed E-state index contributed by atoms with van der Waals surface area (Å²) in [4.78, 5) is 1.34. The van der Waals surface area contributed by atoms with Gasteiger partial charge in [-0.05, 0) is 52.7 Å². The molecule has 1 unspecified atom stereocenters. The third kappa shape index (κ3) is 3.65. The molecule has 2 aromatic rings. The van der Waals surface area contributed by atoms with Crippen LogP contribution >= 0.6 is 27.3 Å². The summed E-state index contributed by atoms with van der Waals surface area (Å²) in [5, 5.41) is 2.10. The molecular formula is C14H17BrN2S. The zero-order valence-electron chi connectivity index (χ0n) is 10.3. The largest absolute Gasteiger partial charge is 0.271 e. The minimum atomic E-state index is 0.266. The van der Waals surface area contributed by atoms with Crippen LogP contribution in [-0.4, -0.2) is 6.04 Å². The molecule has 1 aromatic carbocycles. The van der Waals surface area contributed by atoms with Crippen LogP contribution in [0.4, 0.5) is 0 Å². The highest BCUT2D eigenvalue weighted by atomic mass is 79.9. The van der Waals surface area contributed by atoms with Gasteiger partial charge in [-0.25, -0.2) is 0 Å². The lowest BCUT2D eigenvalue weighted by atomic mass is 10.0. The molecule has 1 heterocycles. The summed E-state index contributed by atoms with van der Waals surface area (Å²) in [5.74, 6) is 5.66. The second-order valence-corrected chi connectivity index (χ2v) is 6.30. The fourth-order valence-electron chi connectivity index (χ4n) is 1.89. The standard InChI is InChI=1S/C14H17BrN2S/c1-10-2-4-11(5-3-10)8-12(17-16)9-14-13(15)6-7-18-14/h2-7,12,17H,8-9,16H2,1H3. The molecule has 2 nitrogen and oxygen atoms in total. The second kappa shape index (κ2) is 6.48. The van der Waals surface area contributed by atoms with Gasteiger partial charge in [0.1, 0.15) is 0 Å². The first-order chi connectivity index (χ1) is 8.69. The molecule has 0 spiro atoms. The van der Waals surface area contributed by atoms with Gasteiger partial charge in [-0.15, -0.1) is 11.3 Å². The predicted octanol–water partition coefficient (Wildman–Crippen LogP) is 3.44. The molecule has 3 N–H and O–H groups in total. The molecule has 0 bridgehead atoms. The van der Waals surface area contributed by atoms with Crippen LogP contribution < -0.4 is 11.3 Å². The number of hydrogen-bond acceptors (Lipinski definition) is 3. The summed E-state index contributed by atoms with van der Waals surface area (Å²) in [6.07, 6.45) is 1.89. The molecule has 0 saturated carbocycles. The maximum atomic E-state index is 5.66. The van der Waals surface area contributed by atoms with Crippen LogP contribution in [0.5, 0.6) is 0 Å². The van der Waals surface area contributed by atoms with Gasteiger partial charge < -0.3 is 0 Å². The quantitative estimate of drug-likeness (QED) is 0.653. The fraction of sp³-hybridized carbons (Fsp3) is 0.286. The predicted molar refractivity (Wildman–Crippen MR) is 81.7 cm³/mol. The molecule has 96 valence electrons. The third-order valence-electron chi connectivity index (χ3n) is 2.96. The summed E-state index contributed by atoms with van der Waals surface area (Å²) in [5.41, 5.74) is 5.52. The lowest BCUT2D eigenvalue weighted by Gasteiger charge is -2.15. The summed E-state index contributed by atoms with van der Waals surface area (Å²) >= 11 is 5.32. The van der Waals surface area contributed by atoms with E-state index in [4.69, 9.17) is 5.84 Å². The molecule has 2 rings (SSSR count). The van der Waals surface area contributed by atoms with Crippen molar-refractivity contribution in [2.75, 3.05) is 0 Å². The minimum Gasteiger partial charge on any atom is -0.271 e. The molecule has 0 amide bonds. The summed E-state index contributed by atoms with van der Waals surface area (Å²) in [6.45, 7) is 2.10. The first-order valence-electron chi connectivity index (χ1n) is 5.92. The summed E-state index contributed by atoms with van der Waals surface area (Å²) in [6, 6.07) is 11.0. The number of rotatable bonds is 5. The molecule has 0 aliphatic carbocycles. The first-order valence-corrected chi connectivity index (χ1v) is 7.60. The highest BCUT2D eigenvalue weighted by Gasteiger charge is 2.11. The Kier molecular flexibility index (Phi) is 4.95. The Balaban J connectivity index is 2.01. The van der Waals surface area contributed by atoms with Crippen LogP contribution in [0.3, 0.4) is 0 Å². The zero-order chi connectivity index (χ0) is 13.0. The third-order valence-corrected chi connectivity index (χ3v) is 4.91. The zero-order valence-corrected chi connectivity index (χ0v) is 12.7. The topological polar surface area (TPSA) is 38.0 Å². The van der Waals surface area contributed by atoms with E-state index >= 15 is 0 Å². The van der Waals surface area contributed by atoms with E-state index < -0.39 is 0 Å². The van der Waals surface area contributed by atoms with Crippen LogP contribution in [0, 0.1) is 6.92 Å². The van der Waals surface area contributed by atoms with Crippen molar-refractivity contribution in [1.29, 1.82) is 0 Å². The number of hydrazine groups is 1. The Labute approximate surface area is 120 Å². The van der Waals surface area contributed by atoms with Crippen LogP contribution in [0.2, 0.25) is 0 Å². The Bertz CT molecular complexity index is 493. The smallest absolute Gasteiger partial charge is 0.0314 e. The maximum Gasteiger partial charge on any atom is 0.0314 e. The number of aryl methyl sites for hydroxylation is 1. The van der Waals surface area contributed by atoms with Crippen LogP contribution in [0.15, 0.2) is 40.2 Å². The Morgan fingerprint density at radius 1 is 1.22 bits per heavy atom. The van der Waals surface area contributed by atoms with Gasteiger partial charge in [0.05, 0.1) is 0 Å². The van der Waals surface area contributed by atoms with Gasteiger partial charge in [0.25, 0.3) is 0 Å². The molecule has 0 fully saturated rings. The van der Waals surface area contributed by atoms with Crippen molar-refractivity contribution in [2.45, 2.75) is 25.8 Å². The van der Waals surface area contributed by atoms with E-state index in [1.165, 1.54) is 20.5 Å². The SMILES string of the molecule is Cc1ccc(CC(Cc2sccc2Br)NN)cc1. The van der Waals surface area contributed by atoms with E-state index in [9.17, 15) is 0 Å². The average Bonchev–Trinajstić information content (AvgIpc) is 2.77. The molecule has 0 aliphatic heterocycles. The van der Waals surface area contributed by atoms with E-state index in [1.54, 1.807) is 11.3 Å². The second-order valence-electron chi connectivity index (χ2n) is 4.45. The van der Waals surface area contributed by atoms with Crippen LogP contribution in [0.1, 0.15) is 16.0 Å². The minimum absolute atomic E-state index is 0.266. The maximum absolute atomic E-state index is 5.66. The van der Waals surface area contributed by atoms with Crippen molar-refractivity contribution in [3.63, 3.8) is 0 Å². The van der Waals surface area contributed by atoms with Crippen molar-refractivity contribution in [3.8, 4) is 0 Å². The van der Waals surface area contributed by atoms with E-state index in [1.807, 2.05) is 0 Å². The van der Waals surface area contributed by atoms with Gasteiger partial charge in [0.2, 0.25) is 0 Å². The highest BCUT2D eigenvalue weighted by molar-refractivity contribution is 9.10. The first kappa shape index (κ1) is 13.7. The normalized spacial score (nSPS) is 12.6. The van der Waals surface area contributed by atoms with Crippen molar-refractivity contribution in [2.24, 2.45) is 5.84 Å². The van der Waals surface area contributed by atoms with Crippen LogP contribution in [-0.2, 0) is 12.8 Å². The molecule has 0 saturated heterocycles. The van der Waals surface area contributed by atoms with Gasteiger partial charge in [-0.2, -0.15) is 0 Å². The van der Waals surface area contributed by atoms with Gasteiger partial charge in [0.15, 0.2) is 0 Å². The van der Waals surface area contributed by atoms with E-state index in [0.29, 0.717) is 0 Å². The molecule has 0 aliphatic rings. The number of halogens is 1. The van der Waals surface area contributed by atoms with Gasteiger partial charge in [-0.3, -0.25) is 11.3 Å². The fourth-order valence-corrected chi connectivity index (χ4v) is 3.49. The number of thiophene rings is 1. The van der Waals surface area contributed by atoms with E-state index in [0.717, 1.165) is 12.8 Å². The summed E-state index contributed by atoms with van der Waals surface area (Å²) < 4.78 is 1.18. The molecular weight excluding hydrogens is 308 g/mol. The molecule has 4 heteroatoms. The highest BCUT2D eigenvalue weighted by Crippen LogP contribution is 2.24. The molecule has 1 atom stereocenters. The van der Waals surface area contributed by atoms with E-state index in [2.05, 4.69) is 64.0 Å². The number of benzene rings is 1. The van der Waals surface area contributed by atoms with Crippen molar-refractivity contribution in [3.05, 3.63) is 56.2 Å². The molecule has 1 aromatic heterocycles. The number of hydrogen-bond donors (Lipinski definition) is 2. The van der Waals surface area contributed by atoms with Crippen LogP contribution in [0.25, 0.3) is 0 Å². The Morgan fingerprint density at radius 2 is 1.94 bits per heavy atom.